The first-order chi connectivity index (χ1) is 8.60. The molecule has 18 heavy (non-hydrogen) atoms. The third-order valence-corrected chi connectivity index (χ3v) is 2.71. The van der Waals surface area contributed by atoms with Crippen LogP contribution in [0.2, 0.25) is 0 Å². The van der Waals surface area contributed by atoms with Crippen LogP contribution < -0.4 is 16.6 Å². The third-order valence-electron chi connectivity index (χ3n) is 2.06. The Morgan fingerprint density at radius 2 is 2.06 bits per heavy atom. The zero-order chi connectivity index (χ0) is 13.1. The number of nitrogens with zero attached hydrogens (tertiary/aromatic N) is 2. The topological polar surface area (TPSA) is 75.9 Å². The molecule has 0 amide bonds. The van der Waals surface area contributed by atoms with Crippen molar-refractivity contribution in [2.24, 2.45) is 5.84 Å². The predicted molar refractivity (Wildman–Crippen MR) is 67.2 cm³/mol. The summed E-state index contributed by atoms with van der Waals surface area (Å²) in [6.07, 6.45) is 0.974. The standard InChI is InChI=1S/C10H8BrF2N5/c11-6-3-5(12)1-2-8(6)16-9-7(13)4-15-10(17-9)18-14/h1-4H,14H2,(H2,15,16,17,18). The summed E-state index contributed by atoms with van der Waals surface area (Å²) in [5.74, 6) is 4.08. The minimum Gasteiger partial charge on any atom is -0.337 e. The van der Waals surface area contributed by atoms with Crippen molar-refractivity contribution in [2.45, 2.75) is 0 Å². The van der Waals surface area contributed by atoms with Gasteiger partial charge in [0.1, 0.15) is 5.82 Å². The number of aromatic nitrogens is 2. The first kappa shape index (κ1) is 12.7. The Hall–Kier alpha value is -1.80. The van der Waals surface area contributed by atoms with Gasteiger partial charge in [-0.1, -0.05) is 0 Å². The summed E-state index contributed by atoms with van der Waals surface area (Å²) >= 11 is 3.16. The Morgan fingerprint density at radius 1 is 1.28 bits per heavy atom. The summed E-state index contributed by atoms with van der Waals surface area (Å²) in [4.78, 5) is 7.40. The highest BCUT2D eigenvalue weighted by Crippen LogP contribution is 2.26. The second-order valence-corrected chi connectivity index (χ2v) is 4.14. The smallest absolute Gasteiger partial charge is 0.239 e. The first-order valence-electron chi connectivity index (χ1n) is 4.81. The molecule has 5 nitrogen and oxygen atoms in total. The summed E-state index contributed by atoms with van der Waals surface area (Å²) < 4.78 is 26.8. The molecule has 0 atom stereocenters. The number of anilines is 3. The molecule has 0 radical (unpaired) electrons. The van der Waals surface area contributed by atoms with Crippen molar-refractivity contribution in [1.29, 1.82) is 0 Å². The van der Waals surface area contributed by atoms with Crippen molar-refractivity contribution < 1.29 is 8.78 Å². The van der Waals surface area contributed by atoms with E-state index in [0.29, 0.717) is 10.2 Å². The number of nitrogens with two attached hydrogens (primary N) is 1. The average molecular weight is 316 g/mol. The molecule has 2 aromatic rings. The first-order valence-corrected chi connectivity index (χ1v) is 5.60. The molecule has 0 saturated carbocycles. The molecule has 0 saturated heterocycles. The summed E-state index contributed by atoms with van der Waals surface area (Å²) in [5.41, 5.74) is 2.67. The predicted octanol–water partition coefficient (Wildman–Crippen LogP) is 2.55. The van der Waals surface area contributed by atoms with Crippen molar-refractivity contribution in [3.63, 3.8) is 0 Å². The molecule has 0 aliphatic rings. The maximum atomic E-state index is 13.5. The van der Waals surface area contributed by atoms with Crippen LogP contribution in [0.5, 0.6) is 0 Å². The van der Waals surface area contributed by atoms with Crippen LogP contribution in [0, 0.1) is 11.6 Å². The number of rotatable bonds is 3. The molecular weight excluding hydrogens is 308 g/mol. The second-order valence-electron chi connectivity index (χ2n) is 3.28. The van der Waals surface area contributed by atoms with Crippen LogP contribution in [0.15, 0.2) is 28.9 Å². The lowest BCUT2D eigenvalue weighted by atomic mass is 10.3. The number of benzene rings is 1. The summed E-state index contributed by atoms with van der Waals surface area (Å²) in [5, 5.41) is 2.71. The molecule has 0 spiro atoms. The van der Waals surface area contributed by atoms with E-state index in [1.165, 1.54) is 18.2 Å². The molecule has 0 fully saturated rings. The fourth-order valence-corrected chi connectivity index (χ4v) is 1.69. The third kappa shape index (κ3) is 2.71. The number of hydrogen-bond donors (Lipinski definition) is 3. The van der Waals surface area contributed by atoms with Crippen LogP contribution >= 0.6 is 15.9 Å². The van der Waals surface area contributed by atoms with Gasteiger partial charge in [-0.3, -0.25) is 5.43 Å². The molecule has 0 unspecified atom stereocenters. The van der Waals surface area contributed by atoms with Crippen molar-refractivity contribution in [1.82, 2.24) is 9.97 Å². The minimum absolute atomic E-state index is 0.0646. The van der Waals surface area contributed by atoms with E-state index in [-0.39, 0.29) is 11.8 Å². The van der Waals surface area contributed by atoms with Gasteiger partial charge in [0, 0.05) is 4.47 Å². The molecular formula is C10H8BrF2N5. The summed E-state index contributed by atoms with van der Waals surface area (Å²) in [6, 6.07) is 3.95. The Balaban J connectivity index is 2.33. The van der Waals surface area contributed by atoms with Crippen molar-refractivity contribution >= 4 is 33.4 Å². The van der Waals surface area contributed by atoms with E-state index in [0.717, 1.165) is 6.20 Å². The zero-order valence-corrected chi connectivity index (χ0v) is 10.5. The van der Waals surface area contributed by atoms with E-state index < -0.39 is 11.6 Å². The normalized spacial score (nSPS) is 10.2. The highest BCUT2D eigenvalue weighted by atomic mass is 79.9. The van der Waals surface area contributed by atoms with E-state index in [4.69, 9.17) is 5.84 Å². The van der Waals surface area contributed by atoms with Crippen LogP contribution in [0.25, 0.3) is 0 Å². The van der Waals surface area contributed by atoms with Gasteiger partial charge in [0.15, 0.2) is 11.6 Å². The van der Waals surface area contributed by atoms with Crippen molar-refractivity contribution in [3.8, 4) is 0 Å². The van der Waals surface area contributed by atoms with E-state index in [1.807, 2.05) is 0 Å². The second kappa shape index (κ2) is 5.23. The van der Waals surface area contributed by atoms with Crippen molar-refractivity contribution in [3.05, 3.63) is 40.5 Å². The Bertz CT molecular complexity index is 578. The highest BCUT2D eigenvalue weighted by molar-refractivity contribution is 9.10. The lowest BCUT2D eigenvalue weighted by Gasteiger charge is -2.09. The van der Waals surface area contributed by atoms with E-state index >= 15 is 0 Å². The fraction of sp³-hybridized carbons (Fsp3) is 0. The lowest BCUT2D eigenvalue weighted by Crippen LogP contribution is -2.12. The van der Waals surface area contributed by atoms with Crippen LogP contribution in [-0.2, 0) is 0 Å². The molecule has 2 rings (SSSR count). The average Bonchev–Trinajstić information content (AvgIpc) is 2.35. The van der Waals surface area contributed by atoms with E-state index in [9.17, 15) is 8.78 Å². The largest absolute Gasteiger partial charge is 0.337 e. The Labute approximate surface area is 110 Å². The fourth-order valence-electron chi connectivity index (χ4n) is 1.24. The molecule has 0 bridgehead atoms. The van der Waals surface area contributed by atoms with Crippen LogP contribution in [0.3, 0.4) is 0 Å². The lowest BCUT2D eigenvalue weighted by molar-refractivity contribution is 0.619. The Kier molecular flexibility index (Phi) is 3.68. The van der Waals surface area contributed by atoms with Gasteiger partial charge in [-0.2, -0.15) is 4.98 Å². The number of halogens is 3. The highest BCUT2D eigenvalue weighted by Gasteiger charge is 2.09. The number of hydrogen-bond acceptors (Lipinski definition) is 5. The van der Waals surface area contributed by atoms with Crippen LogP contribution in [-0.4, -0.2) is 9.97 Å². The van der Waals surface area contributed by atoms with Gasteiger partial charge in [-0.05, 0) is 34.1 Å². The maximum absolute atomic E-state index is 13.5. The van der Waals surface area contributed by atoms with Gasteiger partial charge >= 0.3 is 0 Å². The monoisotopic (exact) mass is 315 g/mol. The van der Waals surface area contributed by atoms with E-state index in [1.54, 1.807) is 0 Å². The molecule has 94 valence electrons. The maximum Gasteiger partial charge on any atom is 0.239 e. The number of nitrogens with one attached hydrogen (secondary N) is 2. The molecule has 1 heterocycles. The van der Waals surface area contributed by atoms with Gasteiger partial charge in [0.25, 0.3) is 0 Å². The van der Waals surface area contributed by atoms with Gasteiger partial charge < -0.3 is 5.32 Å². The van der Waals surface area contributed by atoms with Crippen LogP contribution in [0.4, 0.5) is 26.2 Å². The van der Waals surface area contributed by atoms with Gasteiger partial charge in [0.05, 0.1) is 11.9 Å². The van der Waals surface area contributed by atoms with Crippen LogP contribution in [0.1, 0.15) is 0 Å². The molecule has 1 aromatic heterocycles. The molecule has 1 aromatic carbocycles. The number of hydrazine groups is 1. The summed E-state index contributed by atoms with van der Waals surface area (Å²) in [6.45, 7) is 0. The van der Waals surface area contributed by atoms with Gasteiger partial charge in [-0.15, -0.1) is 0 Å². The SMILES string of the molecule is NNc1ncc(F)c(Nc2ccc(F)cc2Br)n1. The quantitative estimate of drug-likeness (QED) is 0.599. The molecule has 4 N–H and O–H groups in total. The van der Waals surface area contributed by atoms with Crippen molar-refractivity contribution in [2.75, 3.05) is 10.7 Å². The Morgan fingerprint density at radius 3 is 2.72 bits per heavy atom. The zero-order valence-electron chi connectivity index (χ0n) is 8.92. The minimum atomic E-state index is -0.648. The van der Waals surface area contributed by atoms with Gasteiger partial charge in [-0.25, -0.2) is 19.6 Å². The van der Waals surface area contributed by atoms with E-state index in [2.05, 4.69) is 36.6 Å². The summed E-state index contributed by atoms with van der Waals surface area (Å²) in [7, 11) is 0. The molecule has 8 heteroatoms. The van der Waals surface area contributed by atoms with Gasteiger partial charge in [0.2, 0.25) is 5.95 Å². The molecule has 0 aliphatic heterocycles. The number of nitrogen functional groups attached to an aromatic ring is 1. The molecule has 0 aliphatic carbocycles.